The van der Waals surface area contributed by atoms with Crippen LogP contribution < -0.4 is 0 Å². The first-order chi connectivity index (χ1) is 6.19. The van der Waals surface area contributed by atoms with Gasteiger partial charge in [-0.2, -0.15) is 0 Å². The van der Waals surface area contributed by atoms with Gasteiger partial charge in [0, 0.05) is 0 Å². The summed E-state index contributed by atoms with van der Waals surface area (Å²) in [4.78, 5) is 17.7. The number of rotatable bonds is 1. The zero-order valence-electron chi connectivity index (χ0n) is 6.17. The fourth-order valence-electron chi connectivity index (χ4n) is 1.43. The number of hydrogen-bond donors (Lipinski definition) is 2. The molecule has 13 heteroatoms. The van der Waals surface area contributed by atoms with E-state index in [0.29, 0.717) is 0 Å². The van der Waals surface area contributed by atoms with Crippen molar-refractivity contribution in [2.75, 3.05) is 0 Å². The molecule has 6 aliphatic rings. The second kappa shape index (κ2) is 2.40. The molecule has 80 valence electrons. The molecule has 0 saturated carbocycles. The van der Waals surface area contributed by atoms with E-state index in [-0.39, 0.29) is 0 Å². The Kier molecular flexibility index (Phi) is 1.79. The third-order valence-corrected chi connectivity index (χ3v) is 27.0. The Labute approximate surface area is 83.0 Å². The zero-order chi connectivity index (χ0) is 10.4. The van der Waals surface area contributed by atoms with Crippen molar-refractivity contribution >= 4 is 42.8 Å². The molecule has 6 fully saturated rings. The first-order valence-electron chi connectivity index (χ1n) is 3.27. The predicted octanol–water partition coefficient (Wildman–Crippen LogP) is 0.377. The van der Waals surface area contributed by atoms with Crippen LogP contribution in [0.15, 0.2) is 0 Å². The van der Waals surface area contributed by atoms with Gasteiger partial charge in [-0.15, -0.1) is 0 Å². The van der Waals surface area contributed by atoms with E-state index in [1.807, 2.05) is 0 Å². The molecule has 2 N–H and O–H groups in total. The molecular weight excluding hydrogens is 368 g/mol. The van der Waals surface area contributed by atoms with Gasteiger partial charge in [-0.3, -0.25) is 0 Å². The molecule has 6 aliphatic heterocycles. The molecule has 1 spiro atoms. The van der Waals surface area contributed by atoms with Crippen molar-refractivity contribution in [1.29, 1.82) is 0 Å². The van der Waals surface area contributed by atoms with E-state index < -0.39 is 48.0 Å². The molecule has 6 saturated heterocycles. The Bertz CT molecular complexity index is 405. The Balaban J connectivity index is 2.14. The summed E-state index contributed by atoms with van der Waals surface area (Å²) >= 11 is -4.16. The molecule has 0 amide bonds. The van der Waals surface area contributed by atoms with Gasteiger partial charge < -0.3 is 0 Å². The van der Waals surface area contributed by atoms with Crippen LogP contribution in [0.4, 0.5) is 0 Å². The van der Waals surface area contributed by atoms with Crippen LogP contribution in [0.2, 0.25) is 0 Å². The monoisotopic (exact) mass is 372 g/mol. The van der Waals surface area contributed by atoms with Gasteiger partial charge in [-0.05, 0) is 0 Å². The number of hydrogen-bond acceptors (Lipinski definition) is 7. The summed E-state index contributed by atoms with van der Waals surface area (Å²) in [7, 11) is -12.8. The molecule has 3 bridgehead atoms. The van der Waals surface area contributed by atoms with Gasteiger partial charge in [0.1, 0.15) is 0 Å². The molecule has 0 aromatic carbocycles. The van der Waals surface area contributed by atoms with Crippen molar-refractivity contribution in [3.8, 4) is 0 Å². The van der Waals surface area contributed by atoms with Gasteiger partial charge in [0.25, 0.3) is 0 Å². The van der Waals surface area contributed by atoms with Crippen LogP contribution in [0.25, 0.3) is 0 Å². The Morgan fingerprint density at radius 1 is 1.07 bits per heavy atom. The van der Waals surface area contributed by atoms with Gasteiger partial charge in [0.2, 0.25) is 0 Å². The van der Waals surface area contributed by atoms with Crippen LogP contribution in [0.3, 0.4) is 0 Å². The summed E-state index contributed by atoms with van der Waals surface area (Å²) in [6.45, 7) is 0. The summed E-state index contributed by atoms with van der Waals surface area (Å²) in [6, 6.07) is 0. The van der Waals surface area contributed by atoms with E-state index in [9.17, 15) is 13.7 Å². The van der Waals surface area contributed by atoms with E-state index in [2.05, 4.69) is 11.4 Å². The van der Waals surface area contributed by atoms with Gasteiger partial charge in [-0.25, -0.2) is 0 Å². The summed E-state index contributed by atoms with van der Waals surface area (Å²) < 4.78 is 52.5. The first kappa shape index (κ1) is 10.4. The van der Waals surface area contributed by atoms with Crippen molar-refractivity contribution < 1.29 is 34.9 Å². The van der Waals surface area contributed by atoms with Crippen molar-refractivity contribution in [1.82, 2.24) is 0 Å². The molecule has 0 unspecified atom stereocenters. The third-order valence-electron chi connectivity index (χ3n) is 1.82. The average molecular weight is 371 g/mol. The van der Waals surface area contributed by atoms with Gasteiger partial charge in [0.05, 0.1) is 0 Å². The Hall–Kier alpha value is 1.25. The maximum absolute atomic E-state index is 11.5. The molecule has 0 atom stereocenters. The minimum atomic E-state index is -4.90. The molecule has 0 aromatic rings. The second-order valence-corrected chi connectivity index (χ2v) is 18.8. The molecule has 6 rings (SSSR count). The summed E-state index contributed by atoms with van der Waals surface area (Å²) in [5.41, 5.74) is 0. The van der Waals surface area contributed by atoms with Crippen LogP contribution in [0.5, 0.6) is 0 Å². The van der Waals surface area contributed by atoms with E-state index in [1.54, 1.807) is 0 Å². The second-order valence-electron chi connectivity index (χ2n) is 2.88. The topological polar surface area (TPSA) is 129 Å². The Morgan fingerprint density at radius 2 is 1.43 bits per heavy atom. The maximum atomic E-state index is 11.5. The molecular formula is CH3O9P3Sn. The quantitative estimate of drug-likeness (QED) is 0.497. The SMILES string of the molecule is O=P(O)(O)C1P2(=O)[O][Sn]3([O]2)[O]P1(=O)[O]3. The molecule has 9 nitrogen and oxygen atoms in total. The fraction of sp³-hybridized carbons (Fsp3) is 1.00. The van der Waals surface area contributed by atoms with Gasteiger partial charge >= 0.3 is 82.9 Å². The summed E-state index contributed by atoms with van der Waals surface area (Å²) in [5.74, 6) is 0. The summed E-state index contributed by atoms with van der Waals surface area (Å²) in [5, 5.41) is -2.10. The summed E-state index contributed by atoms with van der Waals surface area (Å²) in [6.07, 6.45) is 0. The van der Waals surface area contributed by atoms with E-state index >= 15 is 0 Å². The average Bonchev–Trinajstić information content (AvgIpc) is 1.72. The van der Waals surface area contributed by atoms with Crippen molar-refractivity contribution in [2.45, 2.75) is 5.14 Å². The van der Waals surface area contributed by atoms with E-state index in [1.165, 1.54) is 0 Å². The van der Waals surface area contributed by atoms with Crippen molar-refractivity contribution in [3.63, 3.8) is 0 Å². The predicted molar refractivity (Wildman–Crippen MR) is 41.1 cm³/mol. The molecule has 0 aromatic heterocycles. The van der Waals surface area contributed by atoms with E-state index in [4.69, 9.17) is 9.79 Å². The van der Waals surface area contributed by atoms with Crippen LogP contribution in [0.1, 0.15) is 0 Å². The van der Waals surface area contributed by atoms with Gasteiger partial charge in [-0.1, -0.05) is 0 Å². The van der Waals surface area contributed by atoms with Crippen LogP contribution in [-0.2, 0) is 25.1 Å². The van der Waals surface area contributed by atoms with Crippen LogP contribution in [0, 0.1) is 0 Å². The normalized spacial score (nSPS) is 60.0. The minimum absolute atomic E-state index is 2.10. The van der Waals surface area contributed by atoms with E-state index in [0.717, 1.165) is 0 Å². The first-order valence-corrected chi connectivity index (χ1v) is 12.8. The zero-order valence-corrected chi connectivity index (χ0v) is 11.7. The Morgan fingerprint density at radius 3 is 1.64 bits per heavy atom. The molecule has 6 heterocycles. The third kappa shape index (κ3) is 1.06. The van der Waals surface area contributed by atoms with Crippen LogP contribution in [-0.4, -0.2) is 35.0 Å². The van der Waals surface area contributed by atoms with Crippen molar-refractivity contribution in [2.24, 2.45) is 0 Å². The fourth-order valence-corrected chi connectivity index (χ4v) is 33.1. The molecule has 14 heavy (non-hydrogen) atoms. The molecule has 0 aliphatic carbocycles. The van der Waals surface area contributed by atoms with Gasteiger partial charge in [0.15, 0.2) is 0 Å². The molecule has 0 radical (unpaired) electrons. The van der Waals surface area contributed by atoms with Crippen molar-refractivity contribution in [3.05, 3.63) is 0 Å². The van der Waals surface area contributed by atoms with Crippen LogP contribution >= 0.6 is 22.8 Å². The standard InChI is InChI=1S/CH7O9P3.Sn/c2-11(3,4)1(12(5,6)7)13(8,9)10;/h1H,(H2,2,3,4)(H2,5,6,7)(H2,8,9,10);/q;+4/p-4.